The lowest BCUT2D eigenvalue weighted by Crippen LogP contribution is -2.41. The monoisotopic (exact) mass is 373 g/mol. The second kappa shape index (κ2) is 9.12. The molecule has 0 atom stereocenters. The molecule has 2 aromatic rings. The van der Waals surface area contributed by atoms with Crippen LogP contribution in [0.2, 0.25) is 0 Å². The van der Waals surface area contributed by atoms with Gasteiger partial charge >= 0.3 is 0 Å². The zero-order valence-corrected chi connectivity index (χ0v) is 16.7. The Morgan fingerprint density at radius 3 is 2.67 bits per heavy atom. The van der Waals surface area contributed by atoms with Crippen LogP contribution in [-0.2, 0) is 4.79 Å². The Balaban J connectivity index is 1.45. The topological polar surface area (TPSA) is 78.7 Å². The number of nitrogens with zero attached hydrogens (tertiary/aromatic N) is 6. The van der Waals surface area contributed by atoms with Crippen LogP contribution in [0.5, 0.6) is 0 Å². The number of aromatic nitrogens is 4. The van der Waals surface area contributed by atoms with Crippen molar-refractivity contribution in [3.8, 4) is 0 Å². The molecule has 148 valence electrons. The number of carbonyl (C=O) groups is 1. The second-order valence-corrected chi connectivity index (χ2v) is 7.14. The largest absolute Gasteiger partial charge is 0.356 e. The lowest BCUT2D eigenvalue weighted by Gasteiger charge is -2.32. The first-order valence-electron chi connectivity index (χ1n) is 10.1. The average molecular weight is 374 g/mol. The molecule has 0 aliphatic carbocycles. The summed E-state index contributed by atoms with van der Waals surface area (Å²) in [4.78, 5) is 17.1. The zero-order valence-electron chi connectivity index (χ0n) is 16.7. The molecule has 0 bridgehead atoms. The SMILES string of the molecule is CCN(CC)CCCNC(=O)C1CCN(c2ccc3nnc(C)n3n2)CC1. The van der Waals surface area contributed by atoms with E-state index in [0.717, 1.165) is 75.8 Å². The van der Waals surface area contributed by atoms with Crippen molar-refractivity contribution >= 4 is 17.4 Å². The molecule has 0 aromatic carbocycles. The van der Waals surface area contributed by atoms with Crippen molar-refractivity contribution in [2.45, 2.75) is 40.0 Å². The minimum Gasteiger partial charge on any atom is -0.356 e. The van der Waals surface area contributed by atoms with Crippen molar-refractivity contribution in [2.24, 2.45) is 5.92 Å². The van der Waals surface area contributed by atoms with E-state index in [2.05, 4.69) is 44.3 Å². The van der Waals surface area contributed by atoms with E-state index >= 15 is 0 Å². The van der Waals surface area contributed by atoms with Gasteiger partial charge in [0, 0.05) is 25.6 Å². The zero-order chi connectivity index (χ0) is 19.2. The lowest BCUT2D eigenvalue weighted by molar-refractivity contribution is -0.125. The van der Waals surface area contributed by atoms with Crippen LogP contribution in [-0.4, -0.2) is 69.9 Å². The van der Waals surface area contributed by atoms with Gasteiger partial charge in [-0.1, -0.05) is 13.8 Å². The van der Waals surface area contributed by atoms with Crippen LogP contribution >= 0.6 is 0 Å². The molecule has 8 heteroatoms. The Bertz CT molecular complexity index is 748. The van der Waals surface area contributed by atoms with E-state index in [1.54, 1.807) is 4.52 Å². The number of hydrogen-bond acceptors (Lipinski definition) is 6. The Labute approximate surface area is 160 Å². The molecule has 1 amide bonds. The molecular weight excluding hydrogens is 342 g/mol. The minimum atomic E-state index is 0.107. The number of piperidine rings is 1. The Morgan fingerprint density at radius 2 is 1.96 bits per heavy atom. The fourth-order valence-corrected chi connectivity index (χ4v) is 3.62. The number of anilines is 1. The highest BCUT2D eigenvalue weighted by Gasteiger charge is 2.25. The van der Waals surface area contributed by atoms with Gasteiger partial charge < -0.3 is 15.1 Å². The number of carbonyl (C=O) groups excluding carboxylic acids is 1. The van der Waals surface area contributed by atoms with Gasteiger partial charge in [0.1, 0.15) is 5.82 Å². The molecule has 27 heavy (non-hydrogen) atoms. The first-order chi connectivity index (χ1) is 13.1. The predicted molar refractivity (Wildman–Crippen MR) is 106 cm³/mol. The van der Waals surface area contributed by atoms with E-state index < -0.39 is 0 Å². The van der Waals surface area contributed by atoms with Gasteiger partial charge in [-0.25, -0.2) is 0 Å². The molecule has 1 saturated heterocycles. The Kier molecular flexibility index (Phi) is 6.60. The lowest BCUT2D eigenvalue weighted by atomic mass is 9.96. The highest BCUT2D eigenvalue weighted by Crippen LogP contribution is 2.22. The van der Waals surface area contributed by atoms with E-state index in [9.17, 15) is 4.79 Å². The number of fused-ring (bicyclic) bond motifs is 1. The number of hydrogen-bond donors (Lipinski definition) is 1. The van der Waals surface area contributed by atoms with Crippen LogP contribution in [0, 0.1) is 12.8 Å². The van der Waals surface area contributed by atoms with Gasteiger partial charge in [0.05, 0.1) is 0 Å². The maximum Gasteiger partial charge on any atom is 0.223 e. The summed E-state index contributed by atoms with van der Waals surface area (Å²) in [5, 5.41) is 15.9. The van der Waals surface area contributed by atoms with Gasteiger partial charge in [0.2, 0.25) is 5.91 Å². The molecular formula is C19H31N7O. The number of rotatable bonds is 8. The maximum absolute atomic E-state index is 12.4. The fraction of sp³-hybridized carbons (Fsp3) is 0.684. The third-order valence-electron chi connectivity index (χ3n) is 5.44. The van der Waals surface area contributed by atoms with Crippen molar-refractivity contribution in [3.63, 3.8) is 0 Å². The molecule has 1 aliphatic rings. The van der Waals surface area contributed by atoms with Crippen molar-refractivity contribution < 1.29 is 4.79 Å². The predicted octanol–water partition coefficient (Wildman–Crippen LogP) is 1.50. The van der Waals surface area contributed by atoms with Gasteiger partial charge in [0.25, 0.3) is 0 Å². The molecule has 3 heterocycles. The van der Waals surface area contributed by atoms with Crippen LogP contribution in [0.4, 0.5) is 5.82 Å². The number of amides is 1. The molecule has 3 rings (SSSR count). The number of aryl methyl sites for hydroxylation is 1. The molecule has 2 aromatic heterocycles. The highest BCUT2D eigenvalue weighted by molar-refractivity contribution is 5.78. The smallest absolute Gasteiger partial charge is 0.223 e. The Hall–Kier alpha value is -2.22. The average Bonchev–Trinajstić information content (AvgIpc) is 3.08. The summed E-state index contributed by atoms with van der Waals surface area (Å²) < 4.78 is 1.77. The van der Waals surface area contributed by atoms with Gasteiger partial charge in [-0.3, -0.25) is 4.79 Å². The van der Waals surface area contributed by atoms with Crippen molar-refractivity contribution in [3.05, 3.63) is 18.0 Å². The van der Waals surface area contributed by atoms with Crippen LogP contribution in [0.25, 0.3) is 5.65 Å². The molecule has 8 nitrogen and oxygen atoms in total. The molecule has 0 unspecified atom stereocenters. The summed E-state index contributed by atoms with van der Waals surface area (Å²) in [7, 11) is 0. The fourth-order valence-electron chi connectivity index (χ4n) is 3.62. The Morgan fingerprint density at radius 1 is 1.22 bits per heavy atom. The van der Waals surface area contributed by atoms with Gasteiger partial charge in [-0.15, -0.1) is 15.3 Å². The third kappa shape index (κ3) is 4.74. The van der Waals surface area contributed by atoms with E-state index in [1.807, 2.05) is 19.1 Å². The summed E-state index contributed by atoms with van der Waals surface area (Å²) in [5.74, 6) is 2.01. The molecule has 0 radical (unpaired) electrons. The van der Waals surface area contributed by atoms with E-state index in [-0.39, 0.29) is 11.8 Å². The van der Waals surface area contributed by atoms with Crippen LogP contribution in [0.1, 0.15) is 38.9 Å². The summed E-state index contributed by atoms with van der Waals surface area (Å²) in [6.45, 7) is 11.9. The van der Waals surface area contributed by atoms with Gasteiger partial charge in [-0.05, 0) is 58.0 Å². The normalized spacial score (nSPS) is 15.6. The summed E-state index contributed by atoms with van der Waals surface area (Å²) >= 11 is 0. The van der Waals surface area contributed by atoms with Gasteiger partial charge in [-0.2, -0.15) is 4.52 Å². The summed E-state index contributed by atoms with van der Waals surface area (Å²) in [5.41, 5.74) is 0.759. The van der Waals surface area contributed by atoms with Crippen molar-refractivity contribution in [2.75, 3.05) is 44.2 Å². The molecule has 1 fully saturated rings. The maximum atomic E-state index is 12.4. The standard InChI is InChI=1S/C19H31N7O/c1-4-24(5-2)12-6-11-20-19(27)16-9-13-25(14-10-16)18-8-7-17-22-21-15(3)26(17)23-18/h7-8,16H,4-6,9-14H2,1-3H3,(H,20,27). The molecule has 0 saturated carbocycles. The van der Waals surface area contributed by atoms with Crippen LogP contribution < -0.4 is 10.2 Å². The number of nitrogens with one attached hydrogen (secondary N) is 1. The van der Waals surface area contributed by atoms with Crippen molar-refractivity contribution in [1.82, 2.24) is 30.0 Å². The van der Waals surface area contributed by atoms with Crippen molar-refractivity contribution in [1.29, 1.82) is 0 Å². The quantitative estimate of drug-likeness (QED) is 0.707. The highest BCUT2D eigenvalue weighted by atomic mass is 16.1. The van der Waals surface area contributed by atoms with E-state index in [4.69, 9.17) is 0 Å². The first-order valence-corrected chi connectivity index (χ1v) is 10.1. The van der Waals surface area contributed by atoms with E-state index in [1.165, 1.54) is 0 Å². The first kappa shape index (κ1) is 19.5. The minimum absolute atomic E-state index is 0.107. The van der Waals surface area contributed by atoms with Crippen LogP contribution in [0.3, 0.4) is 0 Å². The summed E-state index contributed by atoms with van der Waals surface area (Å²) in [6, 6.07) is 3.92. The molecule has 1 aliphatic heterocycles. The van der Waals surface area contributed by atoms with Crippen LogP contribution in [0.15, 0.2) is 12.1 Å². The second-order valence-electron chi connectivity index (χ2n) is 7.14. The summed E-state index contributed by atoms with van der Waals surface area (Å²) in [6.07, 6.45) is 2.74. The van der Waals surface area contributed by atoms with Gasteiger partial charge in [0.15, 0.2) is 11.5 Å². The molecule has 0 spiro atoms. The van der Waals surface area contributed by atoms with E-state index in [0.29, 0.717) is 0 Å². The molecule has 1 N–H and O–H groups in total. The third-order valence-corrected chi connectivity index (χ3v) is 5.44.